The quantitative estimate of drug-likeness (QED) is 0.540. The number of aromatic nitrogens is 4. The zero-order valence-corrected chi connectivity index (χ0v) is 13.8. The first-order valence-corrected chi connectivity index (χ1v) is 7.90. The van der Waals surface area contributed by atoms with Crippen molar-refractivity contribution in [1.82, 2.24) is 19.9 Å². The van der Waals surface area contributed by atoms with Crippen molar-refractivity contribution in [3.05, 3.63) is 48.4 Å². The molecule has 3 heterocycles. The average molecular weight is 318 g/mol. The second-order valence-electron chi connectivity index (χ2n) is 7.01. The van der Waals surface area contributed by atoms with Crippen molar-refractivity contribution in [2.24, 2.45) is 5.41 Å². The standard InChI is InChI=1S/C19H18N4O/c1-19(2,3)17(24)13-9-21-18-16(13)23-15(10-22-18)12-5-4-11-6-7-20-14(11)8-12/h4-10,20H,1-3H3,(H,21,22). The van der Waals surface area contributed by atoms with E-state index in [1.807, 2.05) is 51.2 Å². The van der Waals surface area contributed by atoms with Crippen LogP contribution in [-0.4, -0.2) is 25.7 Å². The number of rotatable bonds is 2. The Labute approximate surface area is 139 Å². The lowest BCUT2D eigenvalue weighted by Crippen LogP contribution is -2.20. The number of hydrogen-bond donors (Lipinski definition) is 2. The SMILES string of the molecule is CC(C)(C)C(=O)c1c[nH]c2ncc(-c3ccc4cc[nH]c4c3)nc12. The van der Waals surface area contributed by atoms with Crippen LogP contribution >= 0.6 is 0 Å². The van der Waals surface area contributed by atoms with E-state index in [9.17, 15) is 4.79 Å². The topological polar surface area (TPSA) is 74.4 Å². The highest BCUT2D eigenvalue weighted by Crippen LogP contribution is 2.27. The Balaban J connectivity index is 1.86. The van der Waals surface area contributed by atoms with E-state index in [2.05, 4.69) is 15.0 Å². The number of carbonyl (C=O) groups excluding carboxylic acids is 1. The second kappa shape index (κ2) is 5.03. The van der Waals surface area contributed by atoms with Crippen LogP contribution in [0.1, 0.15) is 31.1 Å². The second-order valence-corrected chi connectivity index (χ2v) is 7.01. The highest BCUT2D eigenvalue weighted by atomic mass is 16.1. The lowest BCUT2D eigenvalue weighted by Gasteiger charge is -2.15. The Morgan fingerprint density at radius 2 is 1.96 bits per heavy atom. The molecule has 0 saturated heterocycles. The van der Waals surface area contributed by atoms with Crippen molar-refractivity contribution in [3.8, 4) is 11.3 Å². The van der Waals surface area contributed by atoms with E-state index in [0.717, 1.165) is 22.2 Å². The van der Waals surface area contributed by atoms with Gasteiger partial charge in [0.25, 0.3) is 0 Å². The van der Waals surface area contributed by atoms with Crippen LogP contribution in [0.5, 0.6) is 0 Å². The van der Waals surface area contributed by atoms with Crippen molar-refractivity contribution < 1.29 is 4.79 Å². The minimum absolute atomic E-state index is 0.0556. The number of nitrogens with zero attached hydrogens (tertiary/aromatic N) is 2. The summed E-state index contributed by atoms with van der Waals surface area (Å²) in [7, 11) is 0. The van der Waals surface area contributed by atoms with Gasteiger partial charge in [-0.05, 0) is 17.5 Å². The molecule has 0 bridgehead atoms. The molecule has 0 fully saturated rings. The van der Waals surface area contributed by atoms with Gasteiger partial charge in [-0.2, -0.15) is 0 Å². The average Bonchev–Trinajstić information content (AvgIpc) is 3.18. The number of carbonyl (C=O) groups is 1. The lowest BCUT2D eigenvalue weighted by atomic mass is 9.87. The van der Waals surface area contributed by atoms with E-state index in [1.54, 1.807) is 12.4 Å². The van der Waals surface area contributed by atoms with Gasteiger partial charge in [0.2, 0.25) is 0 Å². The Hall–Kier alpha value is -2.95. The van der Waals surface area contributed by atoms with Gasteiger partial charge >= 0.3 is 0 Å². The van der Waals surface area contributed by atoms with Crippen molar-refractivity contribution in [2.75, 3.05) is 0 Å². The van der Waals surface area contributed by atoms with Gasteiger partial charge in [-0.3, -0.25) is 4.79 Å². The number of benzene rings is 1. The summed E-state index contributed by atoms with van der Waals surface area (Å²) in [6, 6.07) is 8.14. The first-order valence-electron chi connectivity index (χ1n) is 7.90. The Morgan fingerprint density at radius 3 is 2.75 bits per heavy atom. The molecule has 120 valence electrons. The minimum atomic E-state index is -0.462. The summed E-state index contributed by atoms with van der Waals surface area (Å²) in [4.78, 5) is 28.0. The van der Waals surface area contributed by atoms with E-state index in [4.69, 9.17) is 4.98 Å². The van der Waals surface area contributed by atoms with Crippen molar-refractivity contribution in [1.29, 1.82) is 0 Å². The predicted molar refractivity (Wildman–Crippen MR) is 95.0 cm³/mol. The fraction of sp³-hybridized carbons (Fsp3) is 0.211. The molecule has 5 heteroatoms. The third-order valence-corrected chi connectivity index (χ3v) is 4.16. The summed E-state index contributed by atoms with van der Waals surface area (Å²) in [6.45, 7) is 5.72. The highest BCUT2D eigenvalue weighted by Gasteiger charge is 2.26. The molecule has 0 unspecified atom stereocenters. The predicted octanol–water partition coefficient (Wildman–Crippen LogP) is 4.34. The third-order valence-electron chi connectivity index (χ3n) is 4.16. The van der Waals surface area contributed by atoms with Crippen LogP contribution in [0.4, 0.5) is 0 Å². The van der Waals surface area contributed by atoms with Gasteiger partial charge in [0.05, 0.1) is 17.5 Å². The Kier molecular flexibility index (Phi) is 3.06. The van der Waals surface area contributed by atoms with E-state index < -0.39 is 5.41 Å². The van der Waals surface area contributed by atoms with Gasteiger partial charge in [0.1, 0.15) is 5.52 Å². The number of hydrogen-bond acceptors (Lipinski definition) is 3. The summed E-state index contributed by atoms with van der Waals surface area (Å²) >= 11 is 0. The third kappa shape index (κ3) is 2.29. The maximum absolute atomic E-state index is 12.6. The van der Waals surface area contributed by atoms with Crippen LogP contribution in [0.2, 0.25) is 0 Å². The van der Waals surface area contributed by atoms with Crippen LogP contribution in [0.25, 0.3) is 33.3 Å². The van der Waals surface area contributed by atoms with Crippen LogP contribution in [-0.2, 0) is 0 Å². The molecular formula is C19H18N4O. The molecule has 5 nitrogen and oxygen atoms in total. The molecule has 0 aliphatic heterocycles. The highest BCUT2D eigenvalue weighted by molar-refractivity contribution is 6.08. The number of fused-ring (bicyclic) bond motifs is 2. The molecular weight excluding hydrogens is 300 g/mol. The summed E-state index contributed by atoms with van der Waals surface area (Å²) in [5.41, 5.74) is 4.15. The van der Waals surface area contributed by atoms with Gasteiger partial charge in [-0.25, -0.2) is 9.97 Å². The van der Waals surface area contributed by atoms with Gasteiger partial charge in [-0.15, -0.1) is 0 Å². The van der Waals surface area contributed by atoms with Crippen LogP contribution < -0.4 is 0 Å². The summed E-state index contributed by atoms with van der Waals surface area (Å²) in [5.74, 6) is 0.0556. The fourth-order valence-electron chi connectivity index (χ4n) is 2.81. The normalized spacial score (nSPS) is 12.1. The monoisotopic (exact) mass is 318 g/mol. The van der Waals surface area contributed by atoms with Gasteiger partial charge in [-0.1, -0.05) is 32.9 Å². The van der Waals surface area contributed by atoms with Crippen LogP contribution in [0.15, 0.2) is 42.9 Å². The minimum Gasteiger partial charge on any atom is -0.361 e. The van der Waals surface area contributed by atoms with Crippen LogP contribution in [0, 0.1) is 5.41 Å². The fourth-order valence-corrected chi connectivity index (χ4v) is 2.81. The zero-order chi connectivity index (χ0) is 16.9. The van der Waals surface area contributed by atoms with Crippen LogP contribution in [0.3, 0.4) is 0 Å². The first kappa shape index (κ1) is 14.6. The van der Waals surface area contributed by atoms with Gasteiger partial charge in [0.15, 0.2) is 11.4 Å². The van der Waals surface area contributed by atoms with Crippen molar-refractivity contribution in [3.63, 3.8) is 0 Å². The van der Waals surface area contributed by atoms with E-state index in [0.29, 0.717) is 16.7 Å². The number of aromatic amines is 2. The van der Waals surface area contributed by atoms with E-state index >= 15 is 0 Å². The molecule has 0 atom stereocenters. The smallest absolute Gasteiger partial charge is 0.171 e. The molecule has 4 rings (SSSR count). The number of ketones is 1. The zero-order valence-electron chi connectivity index (χ0n) is 13.8. The molecule has 0 amide bonds. The molecule has 1 aromatic carbocycles. The number of H-pyrrole nitrogens is 2. The summed E-state index contributed by atoms with van der Waals surface area (Å²) < 4.78 is 0. The largest absolute Gasteiger partial charge is 0.361 e. The van der Waals surface area contributed by atoms with E-state index in [-0.39, 0.29) is 5.78 Å². The molecule has 0 spiro atoms. The molecule has 4 aromatic rings. The maximum Gasteiger partial charge on any atom is 0.171 e. The number of Topliss-reactive ketones (excluding diaryl/α,β-unsaturated/α-hetero) is 1. The van der Waals surface area contributed by atoms with Gasteiger partial charge < -0.3 is 9.97 Å². The molecule has 3 aromatic heterocycles. The van der Waals surface area contributed by atoms with Crippen molar-refractivity contribution in [2.45, 2.75) is 20.8 Å². The summed E-state index contributed by atoms with van der Waals surface area (Å²) in [6.07, 6.45) is 5.35. The first-order chi connectivity index (χ1) is 11.4. The molecule has 2 N–H and O–H groups in total. The molecule has 0 aliphatic carbocycles. The van der Waals surface area contributed by atoms with Crippen molar-refractivity contribution >= 4 is 27.9 Å². The Morgan fingerprint density at radius 1 is 1.12 bits per heavy atom. The van der Waals surface area contributed by atoms with E-state index in [1.165, 1.54) is 0 Å². The maximum atomic E-state index is 12.6. The molecule has 0 radical (unpaired) electrons. The molecule has 0 aliphatic rings. The Bertz CT molecular complexity index is 1070. The number of nitrogens with one attached hydrogen (secondary N) is 2. The van der Waals surface area contributed by atoms with Gasteiger partial charge in [0, 0.05) is 28.9 Å². The summed E-state index contributed by atoms with van der Waals surface area (Å²) in [5, 5.41) is 1.15. The molecule has 0 saturated carbocycles. The lowest BCUT2D eigenvalue weighted by molar-refractivity contribution is 0.0860. The molecule has 24 heavy (non-hydrogen) atoms.